The first kappa shape index (κ1) is 8.81. The average Bonchev–Trinajstić information content (AvgIpc) is 2.77. The summed E-state index contributed by atoms with van der Waals surface area (Å²) in [5, 5.41) is -0.0992. The molecule has 1 aliphatic carbocycles. The third-order valence-corrected chi connectivity index (χ3v) is 2.27. The lowest BCUT2D eigenvalue weighted by atomic mass is 10.2. The SMILES string of the molecule is Cc1nc(Cl)nc(C2(F)CC2)c1F. The Hall–Kier alpha value is -0.770. The molecule has 1 aliphatic rings. The molecule has 0 radical (unpaired) electrons. The van der Waals surface area contributed by atoms with Gasteiger partial charge < -0.3 is 0 Å². The van der Waals surface area contributed by atoms with Gasteiger partial charge in [-0.3, -0.25) is 0 Å². The lowest BCUT2D eigenvalue weighted by molar-refractivity contribution is 0.296. The fourth-order valence-electron chi connectivity index (χ4n) is 1.17. The number of hydrogen-bond acceptors (Lipinski definition) is 2. The van der Waals surface area contributed by atoms with E-state index in [0.717, 1.165) is 0 Å². The Morgan fingerprint density at radius 3 is 2.54 bits per heavy atom. The van der Waals surface area contributed by atoms with Gasteiger partial charge in [0.15, 0.2) is 11.5 Å². The fraction of sp³-hybridized carbons (Fsp3) is 0.500. The second-order valence-electron chi connectivity index (χ2n) is 3.21. The van der Waals surface area contributed by atoms with Crippen LogP contribution in [-0.4, -0.2) is 9.97 Å². The van der Waals surface area contributed by atoms with Gasteiger partial charge in [0.05, 0.1) is 5.69 Å². The number of halogens is 3. The van der Waals surface area contributed by atoms with Crippen LogP contribution < -0.4 is 0 Å². The molecule has 0 unspecified atom stereocenters. The molecular weight excluding hydrogens is 198 g/mol. The monoisotopic (exact) mass is 204 g/mol. The molecule has 0 atom stereocenters. The van der Waals surface area contributed by atoms with Crippen molar-refractivity contribution in [3.8, 4) is 0 Å². The molecule has 1 heterocycles. The van der Waals surface area contributed by atoms with Crippen LogP contribution in [-0.2, 0) is 5.67 Å². The molecule has 1 fully saturated rings. The minimum atomic E-state index is -1.60. The predicted octanol–water partition coefficient (Wildman–Crippen LogP) is 2.54. The Kier molecular flexibility index (Phi) is 1.77. The van der Waals surface area contributed by atoms with Gasteiger partial charge >= 0.3 is 0 Å². The van der Waals surface area contributed by atoms with Gasteiger partial charge in [0.25, 0.3) is 0 Å². The Morgan fingerprint density at radius 2 is 2.00 bits per heavy atom. The molecule has 0 amide bonds. The molecule has 0 spiro atoms. The highest BCUT2D eigenvalue weighted by Crippen LogP contribution is 2.49. The molecule has 2 nitrogen and oxygen atoms in total. The Morgan fingerprint density at radius 1 is 1.38 bits per heavy atom. The summed E-state index contributed by atoms with van der Waals surface area (Å²) < 4.78 is 26.8. The van der Waals surface area contributed by atoms with Crippen molar-refractivity contribution in [2.24, 2.45) is 0 Å². The predicted molar refractivity (Wildman–Crippen MR) is 43.8 cm³/mol. The third-order valence-electron chi connectivity index (χ3n) is 2.10. The zero-order chi connectivity index (χ0) is 9.64. The fourth-order valence-corrected chi connectivity index (χ4v) is 1.38. The molecule has 5 heteroatoms. The molecular formula is C8H7ClF2N2. The molecule has 2 rings (SSSR count). The van der Waals surface area contributed by atoms with E-state index < -0.39 is 11.5 Å². The molecule has 0 N–H and O–H groups in total. The van der Waals surface area contributed by atoms with Gasteiger partial charge in [-0.2, -0.15) is 0 Å². The van der Waals surface area contributed by atoms with Crippen LogP contribution in [0.3, 0.4) is 0 Å². The highest BCUT2D eigenvalue weighted by atomic mass is 35.5. The number of hydrogen-bond donors (Lipinski definition) is 0. The summed E-state index contributed by atoms with van der Waals surface area (Å²) in [7, 11) is 0. The van der Waals surface area contributed by atoms with Crippen LogP contribution in [0, 0.1) is 12.7 Å². The van der Waals surface area contributed by atoms with Gasteiger partial charge in [0.1, 0.15) is 5.69 Å². The minimum Gasteiger partial charge on any atom is -0.237 e. The Balaban J connectivity index is 2.56. The molecule has 70 valence electrons. The Bertz CT molecular complexity index is 363. The van der Waals surface area contributed by atoms with E-state index in [0.29, 0.717) is 12.8 Å². The molecule has 1 aromatic heterocycles. The van der Waals surface area contributed by atoms with Crippen LogP contribution in [0.4, 0.5) is 8.78 Å². The van der Waals surface area contributed by atoms with E-state index in [1.165, 1.54) is 6.92 Å². The normalized spacial score (nSPS) is 18.8. The molecule has 0 aliphatic heterocycles. The maximum Gasteiger partial charge on any atom is 0.223 e. The molecule has 0 aromatic carbocycles. The topological polar surface area (TPSA) is 25.8 Å². The van der Waals surface area contributed by atoms with Crippen molar-refractivity contribution in [2.45, 2.75) is 25.4 Å². The summed E-state index contributed by atoms with van der Waals surface area (Å²) in [5.74, 6) is -0.676. The third kappa shape index (κ3) is 1.39. The number of nitrogens with zero attached hydrogens (tertiary/aromatic N) is 2. The van der Waals surface area contributed by atoms with Gasteiger partial charge in [-0.05, 0) is 31.4 Å². The lowest BCUT2D eigenvalue weighted by Crippen LogP contribution is -2.09. The van der Waals surface area contributed by atoms with Crippen molar-refractivity contribution >= 4 is 11.6 Å². The molecule has 0 saturated heterocycles. The summed E-state index contributed by atoms with van der Waals surface area (Å²) in [6, 6.07) is 0. The summed E-state index contributed by atoms with van der Waals surface area (Å²) in [4.78, 5) is 7.16. The standard InChI is InChI=1S/C8H7ClF2N2/c1-4-5(10)6(8(11)2-3-8)13-7(9)12-4/h2-3H2,1H3. The Labute approximate surface area is 79.0 Å². The van der Waals surface area contributed by atoms with E-state index in [9.17, 15) is 8.78 Å². The zero-order valence-corrected chi connectivity index (χ0v) is 7.70. The van der Waals surface area contributed by atoms with Crippen molar-refractivity contribution in [1.29, 1.82) is 0 Å². The number of aryl methyl sites for hydroxylation is 1. The summed E-state index contributed by atoms with van der Waals surface area (Å²) in [5.41, 5.74) is -1.69. The van der Waals surface area contributed by atoms with Crippen LogP contribution >= 0.6 is 11.6 Å². The van der Waals surface area contributed by atoms with E-state index in [-0.39, 0.29) is 16.7 Å². The van der Waals surface area contributed by atoms with Crippen LogP contribution in [0.2, 0.25) is 5.28 Å². The highest BCUT2D eigenvalue weighted by molar-refractivity contribution is 6.28. The van der Waals surface area contributed by atoms with Crippen LogP contribution in [0.1, 0.15) is 24.2 Å². The number of rotatable bonds is 1. The van der Waals surface area contributed by atoms with Crippen molar-refractivity contribution in [2.75, 3.05) is 0 Å². The highest BCUT2D eigenvalue weighted by Gasteiger charge is 2.49. The summed E-state index contributed by atoms with van der Waals surface area (Å²) in [6.45, 7) is 1.44. The van der Waals surface area contributed by atoms with Crippen molar-refractivity contribution in [3.05, 3.63) is 22.5 Å². The zero-order valence-electron chi connectivity index (χ0n) is 6.94. The number of aromatic nitrogens is 2. The van der Waals surface area contributed by atoms with E-state index >= 15 is 0 Å². The molecule has 13 heavy (non-hydrogen) atoms. The van der Waals surface area contributed by atoms with Crippen molar-refractivity contribution in [1.82, 2.24) is 9.97 Å². The summed E-state index contributed by atoms with van der Waals surface area (Å²) in [6.07, 6.45) is 0.632. The van der Waals surface area contributed by atoms with Crippen molar-refractivity contribution in [3.63, 3.8) is 0 Å². The van der Waals surface area contributed by atoms with Crippen LogP contribution in [0.5, 0.6) is 0 Å². The van der Waals surface area contributed by atoms with Gasteiger partial charge in [-0.25, -0.2) is 18.7 Å². The maximum atomic E-state index is 13.5. The first-order valence-corrected chi connectivity index (χ1v) is 4.30. The smallest absolute Gasteiger partial charge is 0.223 e. The lowest BCUT2D eigenvalue weighted by Gasteiger charge is -2.07. The minimum absolute atomic E-state index is 0.0962. The second kappa shape index (κ2) is 2.61. The maximum absolute atomic E-state index is 13.5. The molecule has 1 saturated carbocycles. The van der Waals surface area contributed by atoms with E-state index in [2.05, 4.69) is 9.97 Å². The van der Waals surface area contributed by atoms with Gasteiger partial charge in [0, 0.05) is 0 Å². The summed E-state index contributed by atoms with van der Waals surface area (Å²) >= 11 is 5.50. The first-order valence-electron chi connectivity index (χ1n) is 3.92. The van der Waals surface area contributed by atoms with E-state index in [4.69, 9.17) is 11.6 Å². The molecule has 1 aromatic rings. The van der Waals surface area contributed by atoms with Crippen LogP contribution in [0.25, 0.3) is 0 Å². The van der Waals surface area contributed by atoms with Gasteiger partial charge in [-0.15, -0.1) is 0 Å². The van der Waals surface area contributed by atoms with Crippen LogP contribution in [0.15, 0.2) is 0 Å². The molecule has 0 bridgehead atoms. The first-order chi connectivity index (χ1) is 6.03. The van der Waals surface area contributed by atoms with Gasteiger partial charge in [-0.1, -0.05) is 0 Å². The quantitative estimate of drug-likeness (QED) is 0.657. The number of alkyl halides is 1. The van der Waals surface area contributed by atoms with E-state index in [1.54, 1.807) is 0 Å². The van der Waals surface area contributed by atoms with E-state index in [1.807, 2.05) is 0 Å². The second-order valence-corrected chi connectivity index (χ2v) is 3.54. The van der Waals surface area contributed by atoms with Crippen molar-refractivity contribution < 1.29 is 8.78 Å². The largest absolute Gasteiger partial charge is 0.237 e. The average molecular weight is 205 g/mol. The van der Waals surface area contributed by atoms with Gasteiger partial charge in [0.2, 0.25) is 5.28 Å².